The van der Waals surface area contributed by atoms with Gasteiger partial charge in [-0.2, -0.15) is 0 Å². The maximum atomic E-state index is 2.66. The van der Waals surface area contributed by atoms with Gasteiger partial charge in [-0.15, -0.1) is 0 Å². The third kappa shape index (κ3) is 6.95. The molecule has 2 aromatic heterocycles. The van der Waals surface area contributed by atoms with Crippen molar-refractivity contribution in [3.63, 3.8) is 0 Å². The van der Waals surface area contributed by atoms with Crippen molar-refractivity contribution in [2.24, 2.45) is 0 Å². The summed E-state index contributed by atoms with van der Waals surface area (Å²) < 4.78 is 5.03. The second kappa shape index (κ2) is 19.1. The molecule has 5 heteroatoms. The van der Waals surface area contributed by atoms with Gasteiger partial charge >= 0.3 is 0 Å². The first-order valence-corrected chi connectivity index (χ1v) is 33.1. The lowest BCUT2D eigenvalue weighted by molar-refractivity contribution is 1.15. The SMILES string of the molecule is c1ccc2c(c1)c1ccccc1c1cc(N3c4cc(-n5c6ccccc6c6ccccc65)ccc4B4c5cc6c7ccccc7c7ccccc7c6cc5N(c5ccc6c7ccccc7c7ccccc7c6c5)c5cc(-n6c7ccccc7c7ccccc76)cc3c54)ccc21. The zero-order chi connectivity index (χ0) is 61.7. The van der Waals surface area contributed by atoms with Crippen LogP contribution in [0.5, 0.6) is 0 Å². The minimum absolute atomic E-state index is 0.206. The van der Waals surface area contributed by atoms with E-state index in [1.807, 2.05) is 0 Å². The molecule has 0 atom stereocenters. The molecule has 22 rings (SSSR count). The fourth-order valence-electron chi connectivity index (χ4n) is 17.7. The van der Waals surface area contributed by atoms with Crippen LogP contribution in [0.3, 0.4) is 0 Å². The predicted molar refractivity (Wildman–Crippen MR) is 407 cm³/mol. The van der Waals surface area contributed by atoms with Crippen LogP contribution in [0, 0.1) is 0 Å². The van der Waals surface area contributed by atoms with Gasteiger partial charge in [0.1, 0.15) is 0 Å². The van der Waals surface area contributed by atoms with Crippen LogP contribution in [0.4, 0.5) is 34.1 Å². The Hall–Kier alpha value is -12.4. The van der Waals surface area contributed by atoms with E-state index < -0.39 is 0 Å². The summed E-state index contributed by atoms with van der Waals surface area (Å²) in [5.41, 5.74) is 17.4. The van der Waals surface area contributed by atoms with Crippen LogP contribution in [-0.4, -0.2) is 15.8 Å². The third-order valence-corrected chi connectivity index (χ3v) is 21.5. The largest absolute Gasteiger partial charge is 0.311 e. The Morgan fingerprint density at radius 3 is 0.800 bits per heavy atom. The Bertz CT molecular complexity index is 6650. The summed E-state index contributed by atoms with van der Waals surface area (Å²) >= 11 is 0. The highest BCUT2D eigenvalue weighted by molar-refractivity contribution is 7.00. The summed E-state index contributed by atoms with van der Waals surface area (Å²) in [6, 6.07) is 122. The summed E-state index contributed by atoms with van der Waals surface area (Å²) in [5, 5.41) is 27.4. The molecule has 95 heavy (non-hydrogen) atoms. The van der Waals surface area contributed by atoms with Gasteiger partial charge in [0.05, 0.1) is 27.8 Å². The van der Waals surface area contributed by atoms with E-state index in [-0.39, 0.29) is 6.71 Å². The topological polar surface area (TPSA) is 16.3 Å². The average Bonchev–Trinajstić information content (AvgIpc) is 0.968. The van der Waals surface area contributed by atoms with Crippen LogP contribution < -0.4 is 26.2 Å². The monoisotopic (exact) mass is 1200 g/mol. The number of fused-ring (bicyclic) bond motifs is 28. The highest BCUT2D eigenvalue weighted by Gasteiger charge is 2.45. The van der Waals surface area contributed by atoms with Crippen LogP contribution >= 0.6 is 0 Å². The predicted octanol–water partition coefficient (Wildman–Crippen LogP) is 22.3. The standard InChI is InChI=1S/C90H53BN4/c1-3-27-64-58(21-1)60-23-5-9-29-66(60)76-47-54(41-44-70(64)76)93-86-49-56(92-82-37-17-13-33-72(82)73-34-14-18-38-83(73)92)43-46-80(86)91-81-52-78-68-31-11-7-25-62(68)63-26-8-12-32-69(63)79(78)53-87(81)94(55-42-45-71-65-28-4-2-22-59(65)61-24-6-10-30-67(61)77(71)48-55)89-51-57(50-88(93)90(89)91)95-84-39-19-15-35-74(84)75-36-16-20-40-85(75)95/h1-53H. The molecule has 4 heterocycles. The van der Waals surface area contributed by atoms with E-state index in [2.05, 4.69) is 340 Å². The molecule has 436 valence electrons. The molecule has 0 saturated carbocycles. The molecule has 18 aromatic carbocycles. The summed E-state index contributed by atoms with van der Waals surface area (Å²) in [5.74, 6) is 0. The van der Waals surface area contributed by atoms with E-state index in [4.69, 9.17) is 0 Å². The zero-order valence-electron chi connectivity index (χ0n) is 51.5. The fourth-order valence-corrected chi connectivity index (χ4v) is 17.7. The van der Waals surface area contributed by atoms with Crippen molar-refractivity contribution < 1.29 is 0 Å². The van der Waals surface area contributed by atoms with Gasteiger partial charge in [-0.05, 0) is 192 Å². The van der Waals surface area contributed by atoms with Crippen LogP contribution in [0.1, 0.15) is 0 Å². The van der Waals surface area contributed by atoms with E-state index in [0.717, 1.165) is 50.8 Å². The summed E-state index contributed by atoms with van der Waals surface area (Å²) in [6.45, 7) is -0.206. The summed E-state index contributed by atoms with van der Waals surface area (Å²) in [6.07, 6.45) is 0. The lowest BCUT2D eigenvalue weighted by Gasteiger charge is -2.45. The molecule has 0 unspecified atom stereocenters. The smallest absolute Gasteiger partial charge is 0.252 e. The van der Waals surface area contributed by atoms with E-state index in [1.54, 1.807) is 0 Å². The molecular weight excluding hydrogens is 1150 g/mol. The molecule has 0 fully saturated rings. The molecule has 0 amide bonds. The molecule has 0 aliphatic carbocycles. The zero-order valence-corrected chi connectivity index (χ0v) is 51.5. The molecule has 20 aromatic rings. The van der Waals surface area contributed by atoms with Gasteiger partial charge in [-0.25, -0.2) is 0 Å². The minimum Gasteiger partial charge on any atom is -0.311 e. The number of nitrogens with zero attached hydrogens (tertiary/aromatic N) is 4. The average molecular weight is 1200 g/mol. The maximum absolute atomic E-state index is 2.66. The molecule has 0 radical (unpaired) electrons. The summed E-state index contributed by atoms with van der Waals surface area (Å²) in [7, 11) is 0. The van der Waals surface area contributed by atoms with Crippen molar-refractivity contribution in [2.75, 3.05) is 9.80 Å². The summed E-state index contributed by atoms with van der Waals surface area (Å²) in [4.78, 5) is 5.31. The first-order chi connectivity index (χ1) is 47.2. The Morgan fingerprint density at radius 1 is 0.168 bits per heavy atom. The van der Waals surface area contributed by atoms with Crippen molar-refractivity contribution in [1.29, 1.82) is 0 Å². The van der Waals surface area contributed by atoms with Gasteiger partial charge in [-0.1, -0.05) is 243 Å². The van der Waals surface area contributed by atoms with E-state index >= 15 is 0 Å². The molecule has 2 aliphatic rings. The van der Waals surface area contributed by atoms with E-state index in [0.29, 0.717) is 0 Å². The molecule has 0 saturated heterocycles. The lowest BCUT2D eigenvalue weighted by atomic mass is 9.33. The maximum Gasteiger partial charge on any atom is 0.252 e. The second-order valence-corrected chi connectivity index (χ2v) is 26.2. The Morgan fingerprint density at radius 2 is 0.432 bits per heavy atom. The number of aromatic nitrogens is 2. The van der Waals surface area contributed by atoms with Crippen LogP contribution in [0.2, 0.25) is 0 Å². The van der Waals surface area contributed by atoms with E-state index in [9.17, 15) is 0 Å². The van der Waals surface area contributed by atoms with Crippen molar-refractivity contribution in [3.8, 4) is 11.4 Å². The van der Waals surface area contributed by atoms with Crippen LogP contribution in [-0.2, 0) is 0 Å². The molecule has 0 N–H and O–H groups in total. The number of hydrogen-bond acceptors (Lipinski definition) is 2. The minimum atomic E-state index is -0.206. The number of para-hydroxylation sites is 4. The van der Waals surface area contributed by atoms with Crippen molar-refractivity contribution in [2.45, 2.75) is 0 Å². The normalized spacial score (nSPS) is 13.0. The first kappa shape index (κ1) is 51.2. The van der Waals surface area contributed by atoms with Crippen molar-refractivity contribution in [3.05, 3.63) is 322 Å². The van der Waals surface area contributed by atoms with Gasteiger partial charge in [0, 0.05) is 61.4 Å². The van der Waals surface area contributed by atoms with Crippen LogP contribution in [0.15, 0.2) is 322 Å². The highest BCUT2D eigenvalue weighted by atomic mass is 15.2. The molecule has 0 spiro atoms. The number of rotatable bonds is 4. The molecular formula is C90H53BN4. The fraction of sp³-hybridized carbons (Fsp3) is 0. The number of benzene rings is 18. The van der Waals surface area contributed by atoms with Gasteiger partial charge < -0.3 is 18.9 Å². The molecule has 2 aliphatic heterocycles. The Balaban J connectivity index is 0.927. The third-order valence-electron chi connectivity index (χ3n) is 21.5. The molecule has 0 bridgehead atoms. The number of hydrogen-bond donors (Lipinski definition) is 0. The van der Waals surface area contributed by atoms with Gasteiger partial charge in [0.25, 0.3) is 6.71 Å². The van der Waals surface area contributed by atoms with Crippen LogP contribution in [0.25, 0.3) is 152 Å². The highest BCUT2D eigenvalue weighted by Crippen LogP contribution is 2.51. The Labute approximate surface area is 546 Å². The quantitative estimate of drug-likeness (QED) is 0.129. The van der Waals surface area contributed by atoms with Gasteiger partial charge in [0.2, 0.25) is 0 Å². The van der Waals surface area contributed by atoms with Crippen molar-refractivity contribution in [1.82, 2.24) is 9.13 Å². The Kier molecular flexibility index (Phi) is 10.3. The van der Waals surface area contributed by atoms with Crippen molar-refractivity contribution >= 4 is 198 Å². The lowest BCUT2D eigenvalue weighted by Crippen LogP contribution is -2.61. The first-order valence-electron chi connectivity index (χ1n) is 33.1. The van der Waals surface area contributed by atoms with Gasteiger partial charge in [-0.3, -0.25) is 0 Å². The van der Waals surface area contributed by atoms with Gasteiger partial charge in [0.15, 0.2) is 0 Å². The second-order valence-electron chi connectivity index (χ2n) is 26.2. The van der Waals surface area contributed by atoms with E-state index in [1.165, 1.54) is 152 Å². The number of anilines is 6. The molecule has 4 nitrogen and oxygen atoms in total.